The summed E-state index contributed by atoms with van der Waals surface area (Å²) >= 11 is 0. The molecule has 0 spiro atoms. The Morgan fingerprint density at radius 3 is 2.27 bits per heavy atom. The van der Waals surface area contributed by atoms with E-state index in [9.17, 15) is 32.3 Å². The molecule has 44 heavy (non-hydrogen) atoms. The first-order chi connectivity index (χ1) is 20.9. The number of hydrogen-bond acceptors (Lipinski definition) is 9. The molecule has 0 unspecified atom stereocenters. The van der Waals surface area contributed by atoms with E-state index in [1.54, 1.807) is 31.4 Å². The fraction of sp³-hybridized carbons (Fsp3) is 0.438. The van der Waals surface area contributed by atoms with Gasteiger partial charge in [0.05, 0.1) is 7.11 Å². The van der Waals surface area contributed by atoms with Crippen molar-refractivity contribution in [2.24, 2.45) is 11.8 Å². The summed E-state index contributed by atoms with van der Waals surface area (Å²) in [5.74, 6) is -4.53. The Bertz CT molecular complexity index is 1370. The third-order valence-corrected chi connectivity index (χ3v) is 7.79. The fourth-order valence-corrected chi connectivity index (χ4v) is 5.33. The first-order valence-corrected chi connectivity index (χ1v) is 14.0. The average molecular weight is 619 g/mol. The van der Waals surface area contributed by atoms with Crippen LogP contribution in [0.1, 0.15) is 37.3 Å². The zero-order valence-corrected chi connectivity index (χ0v) is 24.4. The van der Waals surface area contributed by atoms with Gasteiger partial charge in [0.15, 0.2) is 11.9 Å². The van der Waals surface area contributed by atoms with Crippen LogP contribution in [0.4, 0.5) is 13.2 Å². The number of benzene rings is 2. The highest BCUT2D eigenvalue weighted by Crippen LogP contribution is 2.49. The Hall–Kier alpha value is -4.19. The Morgan fingerprint density at radius 1 is 1.00 bits per heavy atom. The standard InChI is InChI=1S/C32H33F3O9/c1-19(42-27(37)17-14-20-12-15-22(40-2)16-13-20)28(38)23-18-24(23)29(25-10-7-11-26(36)43-25)44-30(39)31(41-3,32(33,34)35)21-8-5-4-6-9-21/h4-9,11-13,15-16,19,23-25,29H,10,14,17-18H2,1-3H3/t19-,23-,24-,25+,29-,31+/m0/s1. The number of Topliss-reactive ketones (excluding diaryl/α,β-unsaturated/α-hetero) is 1. The van der Waals surface area contributed by atoms with Gasteiger partial charge in [0.2, 0.25) is 0 Å². The summed E-state index contributed by atoms with van der Waals surface area (Å²) in [6.07, 6.45) is -5.75. The molecule has 12 heteroatoms. The molecule has 1 saturated carbocycles. The van der Waals surface area contributed by atoms with Crippen molar-refractivity contribution >= 4 is 23.7 Å². The van der Waals surface area contributed by atoms with E-state index >= 15 is 0 Å². The molecule has 0 aromatic heterocycles. The molecule has 0 amide bonds. The van der Waals surface area contributed by atoms with Crippen LogP contribution < -0.4 is 4.74 Å². The lowest BCUT2D eigenvalue weighted by molar-refractivity contribution is -0.280. The maximum atomic E-state index is 14.5. The summed E-state index contributed by atoms with van der Waals surface area (Å²) in [6, 6.07) is 13.4. The van der Waals surface area contributed by atoms with Crippen LogP contribution in [0.25, 0.3) is 0 Å². The number of carbonyl (C=O) groups excluding carboxylic acids is 4. The number of carbonyl (C=O) groups is 4. The van der Waals surface area contributed by atoms with Crippen LogP contribution in [0, 0.1) is 11.8 Å². The maximum Gasteiger partial charge on any atom is 0.432 e. The zero-order valence-electron chi connectivity index (χ0n) is 24.4. The number of methoxy groups -OCH3 is 2. The van der Waals surface area contributed by atoms with Crippen molar-refractivity contribution in [2.45, 2.75) is 62.7 Å². The van der Waals surface area contributed by atoms with Crippen LogP contribution >= 0.6 is 0 Å². The second-order valence-corrected chi connectivity index (χ2v) is 10.6. The number of alkyl halides is 3. The highest BCUT2D eigenvalue weighted by Gasteiger charge is 2.65. The lowest BCUT2D eigenvalue weighted by Crippen LogP contribution is -2.54. The molecule has 236 valence electrons. The van der Waals surface area contributed by atoms with Crippen molar-refractivity contribution in [3.8, 4) is 5.75 Å². The molecule has 1 heterocycles. The molecule has 1 aliphatic heterocycles. The minimum atomic E-state index is -5.22. The first kappa shape index (κ1) is 32.7. The Morgan fingerprint density at radius 2 is 1.68 bits per heavy atom. The smallest absolute Gasteiger partial charge is 0.432 e. The summed E-state index contributed by atoms with van der Waals surface area (Å²) in [5, 5.41) is 0. The van der Waals surface area contributed by atoms with Crippen molar-refractivity contribution in [1.29, 1.82) is 0 Å². The number of rotatable bonds is 13. The van der Waals surface area contributed by atoms with Gasteiger partial charge in [-0.2, -0.15) is 13.2 Å². The van der Waals surface area contributed by atoms with Gasteiger partial charge in [-0.3, -0.25) is 9.59 Å². The van der Waals surface area contributed by atoms with Gasteiger partial charge < -0.3 is 23.7 Å². The van der Waals surface area contributed by atoms with E-state index in [1.165, 1.54) is 31.2 Å². The number of ether oxygens (including phenoxy) is 5. The van der Waals surface area contributed by atoms with Gasteiger partial charge >= 0.3 is 24.1 Å². The van der Waals surface area contributed by atoms with Crippen LogP contribution in [0.2, 0.25) is 0 Å². The van der Waals surface area contributed by atoms with Crippen LogP contribution in [0.5, 0.6) is 5.75 Å². The summed E-state index contributed by atoms with van der Waals surface area (Å²) in [6.45, 7) is 1.41. The quantitative estimate of drug-likeness (QED) is 0.234. The second kappa shape index (κ2) is 13.6. The molecule has 9 nitrogen and oxygen atoms in total. The van der Waals surface area contributed by atoms with Crippen LogP contribution in [0.15, 0.2) is 66.7 Å². The fourth-order valence-electron chi connectivity index (χ4n) is 5.33. The van der Waals surface area contributed by atoms with Gasteiger partial charge in [-0.25, -0.2) is 9.59 Å². The molecule has 0 saturated heterocycles. The van der Waals surface area contributed by atoms with E-state index in [0.717, 1.165) is 30.9 Å². The third-order valence-electron chi connectivity index (χ3n) is 7.79. The summed E-state index contributed by atoms with van der Waals surface area (Å²) in [5.41, 5.74) is -3.11. The van der Waals surface area contributed by atoms with Gasteiger partial charge in [0.25, 0.3) is 5.60 Å². The molecule has 2 aromatic carbocycles. The minimum Gasteiger partial charge on any atom is -0.497 e. The molecule has 2 aromatic rings. The van der Waals surface area contributed by atoms with Gasteiger partial charge in [-0.1, -0.05) is 48.5 Å². The van der Waals surface area contributed by atoms with E-state index < -0.39 is 71.2 Å². The first-order valence-electron chi connectivity index (χ1n) is 14.0. The predicted molar refractivity (Wildman–Crippen MR) is 148 cm³/mol. The van der Waals surface area contributed by atoms with Gasteiger partial charge in [0.1, 0.15) is 18.0 Å². The number of hydrogen-bond donors (Lipinski definition) is 0. The monoisotopic (exact) mass is 618 g/mol. The summed E-state index contributed by atoms with van der Waals surface area (Å²) in [4.78, 5) is 51.1. The van der Waals surface area contributed by atoms with E-state index in [0.29, 0.717) is 12.2 Å². The normalized spacial score (nSPS) is 22.1. The lowest BCUT2D eigenvalue weighted by atomic mass is 9.92. The summed E-state index contributed by atoms with van der Waals surface area (Å²) in [7, 11) is 2.29. The van der Waals surface area contributed by atoms with Crippen molar-refractivity contribution in [3.05, 3.63) is 77.9 Å². The summed E-state index contributed by atoms with van der Waals surface area (Å²) < 4.78 is 69.5. The third kappa shape index (κ3) is 7.12. The Balaban J connectivity index is 1.46. The van der Waals surface area contributed by atoms with Crippen LogP contribution in [0.3, 0.4) is 0 Å². The van der Waals surface area contributed by atoms with Gasteiger partial charge in [-0.05, 0) is 37.5 Å². The maximum absolute atomic E-state index is 14.5. The van der Waals surface area contributed by atoms with Crippen LogP contribution in [-0.2, 0) is 50.1 Å². The highest BCUT2D eigenvalue weighted by molar-refractivity contribution is 5.90. The van der Waals surface area contributed by atoms with E-state index in [2.05, 4.69) is 0 Å². The molecule has 4 rings (SSSR count). The molecule has 0 N–H and O–H groups in total. The number of cyclic esters (lactones) is 1. The highest BCUT2D eigenvalue weighted by atomic mass is 19.4. The molecule has 2 aliphatic rings. The lowest BCUT2D eigenvalue weighted by Gasteiger charge is -2.35. The predicted octanol–water partition coefficient (Wildman–Crippen LogP) is 4.65. The van der Waals surface area contributed by atoms with Crippen LogP contribution in [-0.4, -0.2) is 62.4 Å². The average Bonchev–Trinajstić information content (AvgIpc) is 3.79. The molecular weight excluding hydrogens is 585 g/mol. The molecular formula is C32H33F3O9. The van der Waals surface area contributed by atoms with E-state index in [4.69, 9.17) is 23.7 Å². The van der Waals surface area contributed by atoms with Gasteiger partial charge in [-0.15, -0.1) is 0 Å². The van der Waals surface area contributed by atoms with E-state index in [1.807, 2.05) is 0 Å². The minimum absolute atomic E-state index is 0.0126. The number of aryl methyl sites for hydroxylation is 1. The zero-order chi connectivity index (χ0) is 32.1. The number of esters is 3. The molecule has 1 fully saturated rings. The number of ketones is 1. The van der Waals surface area contributed by atoms with Crippen molar-refractivity contribution in [1.82, 2.24) is 0 Å². The number of halogens is 3. The van der Waals surface area contributed by atoms with Crippen molar-refractivity contribution in [3.63, 3.8) is 0 Å². The molecule has 0 radical (unpaired) electrons. The Labute approximate surface area is 252 Å². The van der Waals surface area contributed by atoms with E-state index in [-0.39, 0.29) is 19.3 Å². The SMILES string of the molecule is COc1ccc(CCC(=O)O[C@@H](C)C(=O)[C@H]2C[C@@H]2[C@H](OC(=O)[C@](OC)(c2ccccc2)C(F)(F)F)[C@H]2CC=CC(=O)O2)cc1. The molecule has 0 bridgehead atoms. The second-order valence-electron chi connectivity index (χ2n) is 10.6. The molecule has 6 atom stereocenters. The van der Waals surface area contributed by atoms with Crippen molar-refractivity contribution in [2.75, 3.05) is 14.2 Å². The van der Waals surface area contributed by atoms with Crippen molar-refractivity contribution < 1.29 is 56.0 Å². The Kier molecular flexibility index (Phi) is 10.1. The largest absolute Gasteiger partial charge is 0.497 e. The molecule has 1 aliphatic carbocycles. The van der Waals surface area contributed by atoms with Gasteiger partial charge in [0, 0.05) is 43.4 Å². The topological polar surface area (TPSA) is 114 Å².